The number of hydrogen-bond donors (Lipinski definition) is 2. The van der Waals surface area contributed by atoms with Gasteiger partial charge < -0.3 is 5.32 Å². The molecule has 0 saturated heterocycles. The summed E-state index contributed by atoms with van der Waals surface area (Å²) in [4.78, 5) is 0. The summed E-state index contributed by atoms with van der Waals surface area (Å²) in [5, 5.41) is 3.23. The molecule has 1 heterocycles. The minimum atomic E-state index is -3.97. The van der Waals surface area contributed by atoms with Gasteiger partial charge in [-0.2, -0.15) is 13.0 Å². The third-order valence-corrected chi connectivity index (χ3v) is 6.33. The Morgan fingerprint density at radius 2 is 1.74 bits per heavy atom. The normalized spacial score (nSPS) is 18.4. The minimum Gasteiger partial charge on any atom is -0.362 e. The van der Waals surface area contributed by atoms with Crippen LogP contribution in [-0.4, -0.2) is 35.6 Å². The maximum Gasteiger partial charge on any atom is 1.00 e. The van der Waals surface area contributed by atoms with Crippen molar-refractivity contribution in [3.05, 3.63) is 84.6 Å². The molecule has 2 N–H and O–H groups in total. The third kappa shape index (κ3) is 6.40. The molecule has 0 bridgehead atoms. The van der Waals surface area contributed by atoms with Crippen LogP contribution in [0.4, 0.5) is 11.4 Å². The van der Waals surface area contributed by atoms with Gasteiger partial charge in [0.15, 0.2) is 5.71 Å². The third-order valence-electron chi connectivity index (χ3n) is 5.53. The topological polar surface area (TPSA) is 69.4 Å². The van der Waals surface area contributed by atoms with Crippen LogP contribution in [0.25, 0.3) is 0 Å². The van der Waals surface area contributed by atoms with Gasteiger partial charge in [-0.15, -0.1) is 0 Å². The summed E-state index contributed by atoms with van der Waals surface area (Å²) in [6.45, 7) is 5.08. The zero-order chi connectivity index (χ0) is 21.6. The molecule has 3 rings (SSSR count). The Labute approximate surface area is 207 Å². The Morgan fingerprint density at radius 1 is 1.06 bits per heavy atom. The minimum absolute atomic E-state index is 0. The molecule has 31 heavy (non-hydrogen) atoms. The molecule has 0 saturated carbocycles. The molecule has 5 nitrogen and oxygen atoms in total. The number of rotatable bonds is 9. The first kappa shape index (κ1) is 25.6. The van der Waals surface area contributed by atoms with Crippen LogP contribution in [0.2, 0.25) is 0 Å². The van der Waals surface area contributed by atoms with Gasteiger partial charge in [0.25, 0.3) is 10.1 Å². The summed E-state index contributed by atoms with van der Waals surface area (Å²) in [6.07, 6.45) is 8.97. The molecule has 2 aromatic rings. The molecule has 0 spiro atoms. The number of benzene rings is 2. The van der Waals surface area contributed by atoms with Crippen molar-refractivity contribution in [2.75, 3.05) is 17.6 Å². The maximum atomic E-state index is 11.2. The van der Waals surface area contributed by atoms with E-state index in [4.69, 9.17) is 4.55 Å². The summed E-state index contributed by atoms with van der Waals surface area (Å²) in [7, 11) is -3.97. The molecule has 7 heteroatoms. The van der Waals surface area contributed by atoms with E-state index in [1.54, 1.807) is 0 Å². The molecule has 0 amide bonds. The Morgan fingerprint density at radius 3 is 2.42 bits per heavy atom. The molecule has 0 aliphatic carbocycles. The molecular weight excluding hydrogens is 419 g/mol. The Balaban J connectivity index is 0.00000341. The molecule has 0 aromatic heterocycles. The number of allylic oxidation sites excluding steroid dienone is 3. The largest absolute Gasteiger partial charge is 1.00 e. The van der Waals surface area contributed by atoms with E-state index in [-0.39, 0.29) is 40.7 Å². The zero-order valence-electron chi connectivity index (χ0n) is 18.5. The number of fused-ring (bicyclic) bond motifs is 1. The fourth-order valence-corrected chi connectivity index (χ4v) is 4.62. The van der Waals surface area contributed by atoms with Gasteiger partial charge in [0.2, 0.25) is 5.69 Å². The van der Waals surface area contributed by atoms with Crippen molar-refractivity contribution >= 4 is 27.2 Å². The van der Waals surface area contributed by atoms with Gasteiger partial charge in [-0.1, -0.05) is 42.5 Å². The van der Waals surface area contributed by atoms with Gasteiger partial charge in [0.05, 0.1) is 11.2 Å². The van der Waals surface area contributed by atoms with E-state index in [9.17, 15) is 8.42 Å². The van der Waals surface area contributed by atoms with Crippen LogP contribution < -0.4 is 34.9 Å². The van der Waals surface area contributed by atoms with Crippen LogP contribution in [0.5, 0.6) is 0 Å². The van der Waals surface area contributed by atoms with Gasteiger partial charge in [0, 0.05) is 29.6 Å². The maximum absolute atomic E-state index is 11.2. The quantitative estimate of drug-likeness (QED) is 0.266. The van der Waals surface area contributed by atoms with Crippen LogP contribution in [0.1, 0.15) is 32.3 Å². The average molecular weight is 449 g/mol. The molecular formula is C24H29N2NaO3S+2. The molecule has 158 valence electrons. The molecule has 2 aromatic carbocycles. The number of nitrogens with one attached hydrogen (secondary N) is 1. The molecule has 1 unspecified atom stereocenters. The van der Waals surface area contributed by atoms with Crippen molar-refractivity contribution in [3.8, 4) is 0 Å². The standard InChI is InChI=1S/C24H28N2O3S.Na/c1-3-26-22-15-8-7-14-21(22)24(2,17-11-19-30(27,28)29)23(26)16-9-10-18-25-20-12-5-4-6-13-20;/h4-10,12-16,18H,3,11,17,19H2,1-2H3,(H,27,28,29);/q;+1/p+1. The second-order valence-electron chi connectivity index (χ2n) is 7.60. The van der Waals surface area contributed by atoms with Gasteiger partial charge in [-0.25, -0.2) is 0 Å². The predicted molar refractivity (Wildman–Crippen MR) is 123 cm³/mol. The van der Waals surface area contributed by atoms with Crippen LogP contribution in [-0.2, 0) is 15.5 Å². The van der Waals surface area contributed by atoms with Crippen LogP contribution in [0, 0.1) is 0 Å². The van der Waals surface area contributed by atoms with E-state index in [1.807, 2.05) is 60.8 Å². The molecule has 0 radical (unpaired) electrons. The molecule has 1 atom stereocenters. The van der Waals surface area contributed by atoms with E-state index in [2.05, 4.69) is 41.9 Å². The van der Waals surface area contributed by atoms with E-state index in [0.29, 0.717) is 12.8 Å². The van der Waals surface area contributed by atoms with Gasteiger partial charge in [-0.05, 0) is 44.9 Å². The molecule has 1 aliphatic heterocycles. The Hall–Kier alpha value is -1.70. The first-order valence-electron chi connectivity index (χ1n) is 10.2. The Bertz CT molecular complexity index is 1080. The zero-order valence-corrected chi connectivity index (χ0v) is 21.3. The number of hydrogen-bond acceptors (Lipinski definition) is 3. The van der Waals surface area contributed by atoms with Crippen molar-refractivity contribution in [2.45, 2.75) is 32.1 Å². The smallest absolute Gasteiger partial charge is 0.362 e. The summed E-state index contributed by atoms with van der Waals surface area (Å²) in [6, 6.07) is 18.2. The van der Waals surface area contributed by atoms with Crippen LogP contribution >= 0.6 is 0 Å². The summed E-state index contributed by atoms with van der Waals surface area (Å²) < 4.78 is 33.9. The number of para-hydroxylation sites is 2. The van der Waals surface area contributed by atoms with Crippen molar-refractivity contribution in [1.82, 2.24) is 0 Å². The fourth-order valence-electron chi connectivity index (χ4n) is 4.11. The monoisotopic (exact) mass is 448 g/mol. The molecule has 0 fully saturated rings. The summed E-state index contributed by atoms with van der Waals surface area (Å²) in [5.41, 5.74) is 4.17. The van der Waals surface area contributed by atoms with Crippen molar-refractivity contribution in [1.29, 1.82) is 0 Å². The first-order valence-corrected chi connectivity index (χ1v) is 11.8. The summed E-state index contributed by atoms with van der Waals surface area (Å²) in [5.74, 6) is -0.227. The van der Waals surface area contributed by atoms with E-state index < -0.39 is 10.1 Å². The fraction of sp³-hybridized carbons (Fsp3) is 0.292. The molecule has 1 aliphatic rings. The second-order valence-corrected chi connectivity index (χ2v) is 9.17. The van der Waals surface area contributed by atoms with Crippen molar-refractivity contribution in [2.24, 2.45) is 0 Å². The second kappa shape index (κ2) is 11.2. The SMILES string of the molecule is CC[N+]1=C(C=CC=CNc2ccccc2)C(C)(CCCS(=O)(=O)O)c2ccccc21.[Na+]. The van der Waals surface area contributed by atoms with Gasteiger partial charge in [0.1, 0.15) is 6.54 Å². The summed E-state index contributed by atoms with van der Waals surface area (Å²) >= 11 is 0. The van der Waals surface area contributed by atoms with Crippen molar-refractivity contribution in [3.63, 3.8) is 0 Å². The number of anilines is 1. The van der Waals surface area contributed by atoms with Gasteiger partial charge >= 0.3 is 29.6 Å². The van der Waals surface area contributed by atoms with E-state index in [0.717, 1.165) is 23.6 Å². The van der Waals surface area contributed by atoms with Gasteiger partial charge in [-0.3, -0.25) is 4.55 Å². The first-order chi connectivity index (χ1) is 14.3. The van der Waals surface area contributed by atoms with E-state index >= 15 is 0 Å². The van der Waals surface area contributed by atoms with E-state index in [1.165, 1.54) is 5.56 Å². The predicted octanol–water partition coefficient (Wildman–Crippen LogP) is 1.92. The van der Waals surface area contributed by atoms with Crippen molar-refractivity contribution < 1.29 is 47.1 Å². The van der Waals surface area contributed by atoms with Crippen LogP contribution in [0.15, 0.2) is 79.0 Å². The Kier molecular flexibility index (Phi) is 9.28. The number of nitrogens with zero attached hydrogens (tertiary/aromatic N) is 1. The van der Waals surface area contributed by atoms with Crippen LogP contribution in [0.3, 0.4) is 0 Å². The average Bonchev–Trinajstić information content (AvgIpc) is 2.96.